The van der Waals surface area contributed by atoms with Crippen molar-refractivity contribution in [1.29, 1.82) is 0 Å². The van der Waals surface area contributed by atoms with E-state index in [0.29, 0.717) is 17.5 Å². The Hall–Kier alpha value is -0.840. The van der Waals surface area contributed by atoms with Gasteiger partial charge in [0, 0.05) is 13.1 Å². The van der Waals surface area contributed by atoms with Crippen LogP contribution in [0.5, 0.6) is 0 Å². The fraction of sp³-hybridized carbons (Fsp3) is 0.714. The molecule has 1 heterocycles. The summed E-state index contributed by atoms with van der Waals surface area (Å²) in [5.74, 6) is 1.18. The lowest BCUT2D eigenvalue weighted by Gasteiger charge is -2.34. The molecule has 0 saturated heterocycles. The molecule has 5 heteroatoms. The van der Waals surface area contributed by atoms with E-state index in [1.165, 1.54) is 12.8 Å². The number of carbonyl (C=O) groups is 1. The number of nitrogens with zero attached hydrogens (tertiary/aromatic N) is 2. The average Bonchev–Trinajstić information content (AvgIpc) is 2.59. The van der Waals surface area contributed by atoms with E-state index in [4.69, 9.17) is 0 Å². The molecule has 19 heavy (non-hydrogen) atoms. The number of aryl methyl sites for hydroxylation is 2. The first-order valence-electron chi connectivity index (χ1n) is 6.91. The van der Waals surface area contributed by atoms with E-state index < -0.39 is 0 Å². The summed E-state index contributed by atoms with van der Waals surface area (Å²) in [6, 6.07) is 0.276. The number of hydrogen-bond donors (Lipinski definition) is 1. The largest absolute Gasteiger partial charge is 0.348 e. The summed E-state index contributed by atoms with van der Waals surface area (Å²) in [6.45, 7) is 6.40. The Balaban J connectivity index is 2.12. The second-order valence-electron chi connectivity index (χ2n) is 5.72. The highest BCUT2D eigenvalue weighted by Crippen LogP contribution is 2.30. The van der Waals surface area contributed by atoms with Crippen molar-refractivity contribution in [1.82, 2.24) is 15.1 Å². The minimum absolute atomic E-state index is 0.0269. The van der Waals surface area contributed by atoms with Crippen molar-refractivity contribution in [2.24, 2.45) is 18.9 Å². The third kappa shape index (κ3) is 2.86. The SMILES string of the molecule is Cc1nn(C)c(C(=O)N[C@@H]2CCC[C@H](C)[C@H]2C)c1Br. The number of aromatic nitrogens is 2. The zero-order chi connectivity index (χ0) is 14.2. The van der Waals surface area contributed by atoms with Gasteiger partial charge in [-0.3, -0.25) is 9.48 Å². The predicted octanol–water partition coefficient (Wildman–Crippen LogP) is 3.05. The molecule has 1 aliphatic carbocycles. The molecule has 1 saturated carbocycles. The maximum absolute atomic E-state index is 12.4. The molecular formula is C14H22BrN3O. The number of nitrogens with one attached hydrogen (secondary N) is 1. The molecule has 4 nitrogen and oxygen atoms in total. The average molecular weight is 328 g/mol. The number of halogens is 1. The van der Waals surface area contributed by atoms with Crippen molar-refractivity contribution >= 4 is 21.8 Å². The van der Waals surface area contributed by atoms with E-state index in [2.05, 4.69) is 40.2 Å². The fourth-order valence-electron chi connectivity index (χ4n) is 2.90. The number of carbonyl (C=O) groups excluding carboxylic acids is 1. The van der Waals surface area contributed by atoms with Crippen LogP contribution in [0, 0.1) is 18.8 Å². The van der Waals surface area contributed by atoms with E-state index in [1.807, 2.05) is 6.92 Å². The molecule has 0 bridgehead atoms. The van der Waals surface area contributed by atoms with Crippen LogP contribution in [0.15, 0.2) is 4.47 Å². The molecular weight excluding hydrogens is 306 g/mol. The Labute approximate surface area is 123 Å². The van der Waals surface area contributed by atoms with Gasteiger partial charge in [-0.05, 0) is 41.1 Å². The van der Waals surface area contributed by atoms with Crippen LogP contribution < -0.4 is 5.32 Å². The van der Waals surface area contributed by atoms with Crippen LogP contribution in [-0.4, -0.2) is 21.7 Å². The van der Waals surface area contributed by atoms with Crippen molar-refractivity contribution in [2.75, 3.05) is 0 Å². The number of amides is 1. The standard InChI is InChI=1S/C14H22BrN3O/c1-8-6-5-7-11(9(8)2)16-14(19)13-12(15)10(3)17-18(13)4/h8-9,11H,5-7H2,1-4H3,(H,16,19)/t8-,9+,11+/m0/s1. The molecule has 0 radical (unpaired) electrons. The Bertz CT molecular complexity index is 483. The van der Waals surface area contributed by atoms with Gasteiger partial charge >= 0.3 is 0 Å². The molecule has 2 rings (SSSR count). The van der Waals surface area contributed by atoms with E-state index in [1.54, 1.807) is 11.7 Å². The van der Waals surface area contributed by atoms with Crippen molar-refractivity contribution in [3.05, 3.63) is 15.9 Å². The number of hydrogen-bond acceptors (Lipinski definition) is 2. The lowest BCUT2D eigenvalue weighted by molar-refractivity contribution is 0.0880. The maximum atomic E-state index is 12.4. The van der Waals surface area contributed by atoms with Crippen LogP contribution >= 0.6 is 15.9 Å². The summed E-state index contributed by atoms with van der Waals surface area (Å²) in [6.07, 6.45) is 3.54. The summed E-state index contributed by atoms with van der Waals surface area (Å²) in [7, 11) is 1.81. The quantitative estimate of drug-likeness (QED) is 0.907. The molecule has 1 fully saturated rings. The highest BCUT2D eigenvalue weighted by Gasteiger charge is 2.29. The van der Waals surface area contributed by atoms with Crippen LogP contribution in [0.4, 0.5) is 0 Å². The van der Waals surface area contributed by atoms with E-state index in [-0.39, 0.29) is 11.9 Å². The molecule has 0 aromatic carbocycles. The van der Waals surface area contributed by atoms with Gasteiger partial charge in [0.1, 0.15) is 5.69 Å². The first-order valence-corrected chi connectivity index (χ1v) is 7.71. The molecule has 0 spiro atoms. The second-order valence-corrected chi connectivity index (χ2v) is 6.51. The van der Waals surface area contributed by atoms with Crippen molar-refractivity contribution in [3.8, 4) is 0 Å². The van der Waals surface area contributed by atoms with Crippen molar-refractivity contribution < 1.29 is 4.79 Å². The maximum Gasteiger partial charge on any atom is 0.270 e. The van der Waals surface area contributed by atoms with Crippen molar-refractivity contribution in [3.63, 3.8) is 0 Å². The van der Waals surface area contributed by atoms with Gasteiger partial charge in [0.2, 0.25) is 0 Å². The van der Waals surface area contributed by atoms with Gasteiger partial charge in [-0.2, -0.15) is 5.10 Å². The molecule has 1 aliphatic rings. The highest BCUT2D eigenvalue weighted by molar-refractivity contribution is 9.10. The van der Waals surface area contributed by atoms with Crippen LogP contribution in [0.25, 0.3) is 0 Å². The first-order chi connectivity index (χ1) is 8.91. The van der Waals surface area contributed by atoms with Crippen LogP contribution in [0.3, 0.4) is 0 Å². The van der Waals surface area contributed by atoms with E-state index in [0.717, 1.165) is 16.6 Å². The normalized spacial score (nSPS) is 27.3. The van der Waals surface area contributed by atoms with E-state index >= 15 is 0 Å². The third-order valence-electron chi connectivity index (χ3n) is 4.39. The summed E-state index contributed by atoms with van der Waals surface area (Å²) in [5, 5.41) is 7.45. The summed E-state index contributed by atoms with van der Waals surface area (Å²) in [5.41, 5.74) is 1.46. The monoisotopic (exact) mass is 327 g/mol. The van der Waals surface area contributed by atoms with Gasteiger partial charge in [0.05, 0.1) is 10.2 Å². The Morgan fingerprint density at radius 2 is 2.11 bits per heavy atom. The zero-order valence-electron chi connectivity index (χ0n) is 12.0. The fourth-order valence-corrected chi connectivity index (χ4v) is 3.42. The van der Waals surface area contributed by atoms with Crippen LogP contribution in [0.1, 0.15) is 49.3 Å². The molecule has 0 unspecified atom stereocenters. The smallest absolute Gasteiger partial charge is 0.270 e. The molecule has 1 amide bonds. The van der Waals surface area contributed by atoms with E-state index in [9.17, 15) is 4.79 Å². The van der Waals surface area contributed by atoms with Gasteiger partial charge in [0.25, 0.3) is 5.91 Å². The third-order valence-corrected chi connectivity index (χ3v) is 5.34. The van der Waals surface area contributed by atoms with Crippen LogP contribution in [0.2, 0.25) is 0 Å². The van der Waals surface area contributed by atoms with Crippen LogP contribution in [-0.2, 0) is 7.05 Å². The minimum Gasteiger partial charge on any atom is -0.348 e. The van der Waals surface area contributed by atoms with Crippen molar-refractivity contribution in [2.45, 2.75) is 46.1 Å². The first kappa shape index (κ1) is 14.6. The van der Waals surface area contributed by atoms with Gasteiger partial charge in [0.15, 0.2) is 0 Å². The molecule has 1 aromatic rings. The Kier molecular flexibility index (Phi) is 4.33. The summed E-state index contributed by atoms with van der Waals surface area (Å²) >= 11 is 3.45. The summed E-state index contributed by atoms with van der Waals surface area (Å²) in [4.78, 5) is 12.4. The number of rotatable bonds is 2. The molecule has 3 atom stereocenters. The highest BCUT2D eigenvalue weighted by atomic mass is 79.9. The molecule has 106 valence electrons. The Morgan fingerprint density at radius 1 is 1.42 bits per heavy atom. The lowest BCUT2D eigenvalue weighted by Crippen LogP contribution is -2.44. The molecule has 1 aromatic heterocycles. The minimum atomic E-state index is -0.0269. The predicted molar refractivity (Wildman–Crippen MR) is 79.1 cm³/mol. The Morgan fingerprint density at radius 3 is 2.68 bits per heavy atom. The lowest BCUT2D eigenvalue weighted by atomic mass is 9.78. The van der Waals surface area contributed by atoms with Gasteiger partial charge in [-0.15, -0.1) is 0 Å². The second kappa shape index (κ2) is 5.65. The zero-order valence-corrected chi connectivity index (χ0v) is 13.6. The molecule has 0 aliphatic heterocycles. The van der Waals surface area contributed by atoms with Gasteiger partial charge in [-0.1, -0.05) is 26.7 Å². The summed E-state index contributed by atoms with van der Waals surface area (Å²) < 4.78 is 2.44. The topological polar surface area (TPSA) is 46.9 Å². The van der Waals surface area contributed by atoms with Gasteiger partial charge in [-0.25, -0.2) is 0 Å². The van der Waals surface area contributed by atoms with Gasteiger partial charge < -0.3 is 5.32 Å². The molecule has 1 N–H and O–H groups in total.